The number of hydrogen-bond acceptors (Lipinski definition) is 7. The molecule has 2 amide bonds. The number of nitrogens with one attached hydrogen (secondary N) is 1. The van der Waals surface area contributed by atoms with Crippen LogP contribution in [0.5, 0.6) is 0 Å². The van der Waals surface area contributed by atoms with Crippen molar-refractivity contribution in [2.45, 2.75) is 18.6 Å². The molecule has 2 aromatic rings. The highest BCUT2D eigenvalue weighted by molar-refractivity contribution is 5.98. The average Bonchev–Trinajstić information content (AvgIpc) is 3.15. The van der Waals surface area contributed by atoms with E-state index in [0.717, 1.165) is 0 Å². The number of anilines is 2. The molecule has 0 bridgehead atoms. The minimum absolute atomic E-state index is 0.146. The molecule has 1 aromatic heterocycles. The van der Waals surface area contributed by atoms with Crippen LogP contribution in [0.1, 0.15) is 22.8 Å². The van der Waals surface area contributed by atoms with Crippen molar-refractivity contribution in [3.8, 4) is 6.07 Å². The SMILES string of the molecule is N#C[C@H]1CN(C(=O)OC2COC2)CC[C@@H]1n1cc(C(N)=O)c(Nc2ccc(F)cc2)n1. The van der Waals surface area contributed by atoms with Crippen LogP contribution in [0.15, 0.2) is 30.5 Å². The van der Waals surface area contributed by atoms with E-state index in [1.54, 1.807) is 0 Å². The van der Waals surface area contributed by atoms with Crippen molar-refractivity contribution in [3.63, 3.8) is 0 Å². The maximum atomic E-state index is 13.1. The van der Waals surface area contributed by atoms with Crippen molar-refractivity contribution in [1.82, 2.24) is 14.7 Å². The highest BCUT2D eigenvalue weighted by Gasteiger charge is 2.36. The maximum absolute atomic E-state index is 13.1. The Morgan fingerprint density at radius 1 is 1.32 bits per heavy atom. The molecule has 2 aliphatic heterocycles. The molecule has 2 atom stereocenters. The molecule has 2 fully saturated rings. The number of benzene rings is 1. The van der Waals surface area contributed by atoms with Gasteiger partial charge in [0.15, 0.2) is 11.9 Å². The van der Waals surface area contributed by atoms with Gasteiger partial charge in [-0.3, -0.25) is 9.48 Å². The first-order chi connectivity index (χ1) is 14.9. The first kappa shape index (κ1) is 20.6. The lowest BCUT2D eigenvalue weighted by Gasteiger charge is -2.36. The van der Waals surface area contributed by atoms with Crippen LogP contribution in [0.4, 0.5) is 20.7 Å². The van der Waals surface area contributed by atoms with Gasteiger partial charge in [0.05, 0.1) is 31.2 Å². The van der Waals surface area contributed by atoms with Gasteiger partial charge in [0.2, 0.25) is 0 Å². The average molecular weight is 428 g/mol. The lowest BCUT2D eigenvalue weighted by Crippen LogP contribution is -2.47. The van der Waals surface area contributed by atoms with Gasteiger partial charge < -0.3 is 25.4 Å². The Morgan fingerprint density at radius 2 is 2.06 bits per heavy atom. The summed E-state index contributed by atoms with van der Waals surface area (Å²) in [5.41, 5.74) is 6.17. The number of hydrogen-bond donors (Lipinski definition) is 2. The fourth-order valence-corrected chi connectivity index (χ4v) is 3.55. The summed E-state index contributed by atoms with van der Waals surface area (Å²) >= 11 is 0. The number of carbonyl (C=O) groups excluding carboxylic acids is 2. The van der Waals surface area contributed by atoms with Gasteiger partial charge in [-0.2, -0.15) is 10.4 Å². The molecule has 3 N–H and O–H groups in total. The number of likely N-dealkylation sites (tertiary alicyclic amines) is 1. The zero-order valence-corrected chi connectivity index (χ0v) is 16.5. The Morgan fingerprint density at radius 3 is 2.68 bits per heavy atom. The highest BCUT2D eigenvalue weighted by atomic mass is 19.1. The topological polar surface area (TPSA) is 136 Å². The van der Waals surface area contributed by atoms with Gasteiger partial charge in [0.1, 0.15) is 11.4 Å². The number of carbonyl (C=O) groups is 2. The number of aromatic nitrogens is 2. The number of amides is 2. The molecular weight excluding hydrogens is 407 g/mol. The van der Waals surface area contributed by atoms with Crippen molar-refractivity contribution in [1.29, 1.82) is 5.26 Å². The first-order valence-corrected chi connectivity index (χ1v) is 9.79. The van der Waals surface area contributed by atoms with Crippen LogP contribution in [-0.4, -0.2) is 59.1 Å². The quantitative estimate of drug-likeness (QED) is 0.741. The maximum Gasteiger partial charge on any atom is 0.410 e. The smallest absolute Gasteiger partial charge is 0.410 e. The molecule has 0 radical (unpaired) electrons. The van der Waals surface area contributed by atoms with E-state index < -0.39 is 23.7 Å². The molecule has 2 aliphatic rings. The number of nitrogens with two attached hydrogens (primary N) is 1. The number of ether oxygens (including phenoxy) is 2. The second-order valence-corrected chi connectivity index (χ2v) is 7.45. The van der Waals surface area contributed by atoms with E-state index in [2.05, 4.69) is 16.5 Å². The monoisotopic (exact) mass is 428 g/mol. The molecular formula is C20H21FN6O4. The van der Waals surface area contributed by atoms with Gasteiger partial charge in [-0.25, -0.2) is 9.18 Å². The van der Waals surface area contributed by atoms with E-state index >= 15 is 0 Å². The summed E-state index contributed by atoms with van der Waals surface area (Å²) in [5, 5.41) is 17.1. The van der Waals surface area contributed by atoms with E-state index in [1.807, 2.05) is 0 Å². The number of nitrogens with zero attached hydrogens (tertiary/aromatic N) is 4. The van der Waals surface area contributed by atoms with Crippen LogP contribution >= 0.6 is 0 Å². The standard InChI is InChI=1S/C20H21FN6O4/c21-13-1-3-14(4-2-13)24-19-16(18(23)28)9-27(25-19)17-5-6-26(8-12(17)7-22)20(29)31-15-10-30-11-15/h1-4,9,12,15,17H,5-6,8,10-11H2,(H2,23,28)(H,24,25)/t12-,17-/m0/s1. The largest absolute Gasteiger partial charge is 0.441 e. The van der Waals surface area contributed by atoms with E-state index in [1.165, 1.54) is 40.0 Å². The van der Waals surface area contributed by atoms with E-state index in [4.69, 9.17) is 15.2 Å². The normalized spacial score (nSPS) is 21.1. The van der Waals surface area contributed by atoms with Crippen LogP contribution < -0.4 is 11.1 Å². The summed E-state index contributed by atoms with van der Waals surface area (Å²) in [4.78, 5) is 25.7. The highest BCUT2D eigenvalue weighted by Crippen LogP contribution is 2.30. The summed E-state index contributed by atoms with van der Waals surface area (Å²) < 4.78 is 25.0. The number of piperidine rings is 1. The predicted octanol–water partition coefficient (Wildman–Crippen LogP) is 1.79. The Balaban J connectivity index is 1.50. The summed E-state index contributed by atoms with van der Waals surface area (Å²) in [6, 6.07) is 7.43. The lowest BCUT2D eigenvalue weighted by molar-refractivity contribution is -0.106. The van der Waals surface area contributed by atoms with Crippen molar-refractivity contribution < 1.29 is 23.5 Å². The summed E-state index contributed by atoms with van der Waals surface area (Å²) in [5.74, 6) is -1.42. The predicted molar refractivity (Wildman–Crippen MR) is 106 cm³/mol. The van der Waals surface area contributed by atoms with Crippen molar-refractivity contribution in [2.24, 2.45) is 11.7 Å². The molecule has 0 saturated carbocycles. The Labute approximate surface area is 177 Å². The Kier molecular flexibility index (Phi) is 5.73. The third-order valence-electron chi connectivity index (χ3n) is 5.32. The van der Waals surface area contributed by atoms with Crippen LogP contribution in [0.3, 0.4) is 0 Å². The molecule has 0 unspecified atom stereocenters. The molecule has 11 heteroatoms. The molecule has 0 spiro atoms. The second kappa shape index (κ2) is 8.61. The van der Waals surface area contributed by atoms with E-state index in [-0.39, 0.29) is 30.1 Å². The van der Waals surface area contributed by atoms with Crippen LogP contribution in [-0.2, 0) is 9.47 Å². The zero-order valence-electron chi connectivity index (χ0n) is 16.5. The van der Waals surface area contributed by atoms with Crippen molar-refractivity contribution in [3.05, 3.63) is 41.8 Å². The molecule has 162 valence electrons. The zero-order chi connectivity index (χ0) is 22.0. The number of rotatable bonds is 5. The van der Waals surface area contributed by atoms with Gasteiger partial charge in [0, 0.05) is 25.0 Å². The van der Waals surface area contributed by atoms with Crippen LogP contribution in [0.2, 0.25) is 0 Å². The van der Waals surface area contributed by atoms with Crippen LogP contribution in [0, 0.1) is 23.1 Å². The Bertz CT molecular complexity index is 1010. The van der Waals surface area contributed by atoms with Crippen molar-refractivity contribution in [2.75, 3.05) is 31.6 Å². The minimum Gasteiger partial charge on any atom is -0.441 e. The summed E-state index contributed by atoms with van der Waals surface area (Å²) in [6.45, 7) is 1.33. The molecule has 4 rings (SSSR count). The van der Waals surface area contributed by atoms with Crippen LogP contribution in [0.25, 0.3) is 0 Å². The number of nitriles is 1. The van der Waals surface area contributed by atoms with E-state index in [9.17, 15) is 19.2 Å². The molecule has 0 aliphatic carbocycles. The van der Waals surface area contributed by atoms with E-state index in [0.29, 0.717) is 31.9 Å². The molecule has 2 saturated heterocycles. The fraction of sp³-hybridized carbons (Fsp3) is 0.400. The van der Waals surface area contributed by atoms with Gasteiger partial charge in [-0.15, -0.1) is 0 Å². The van der Waals surface area contributed by atoms with Gasteiger partial charge in [0.25, 0.3) is 5.91 Å². The third kappa shape index (κ3) is 4.44. The molecule has 3 heterocycles. The molecule has 10 nitrogen and oxygen atoms in total. The number of primary amides is 1. The van der Waals surface area contributed by atoms with Gasteiger partial charge >= 0.3 is 6.09 Å². The Hall–Kier alpha value is -3.65. The third-order valence-corrected chi connectivity index (χ3v) is 5.32. The summed E-state index contributed by atoms with van der Waals surface area (Å²) in [7, 11) is 0. The van der Waals surface area contributed by atoms with Crippen molar-refractivity contribution >= 4 is 23.5 Å². The first-order valence-electron chi connectivity index (χ1n) is 9.79. The lowest BCUT2D eigenvalue weighted by atomic mass is 9.94. The molecule has 1 aromatic carbocycles. The summed E-state index contributed by atoms with van der Waals surface area (Å²) in [6.07, 6.45) is 1.23. The number of halogens is 1. The minimum atomic E-state index is -0.687. The second-order valence-electron chi connectivity index (χ2n) is 7.45. The fourth-order valence-electron chi connectivity index (χ4n) is 3.55. The molecule has 31 heavy (non-hydrogen) atoms. The van der Waals surface area contributed by atoms with Gasteiger partial charge in [-0.05, 0) is 30.7 Å². The van der Waals surface area contributed by atoms with Gasteiger partial charge in [-0.1, -0.05) is 0 Å².